The largest absolute Gasteiger partial charge is 0.379 e. The summed E-state index contributed by atoms with van der Waals surface area (Å²) >= 11 is 0. The van der Waals surface area contributed by atoms with Crippen LogP contribution in [0.25, 0.3) is 11.0 Å². The van der Waals surface area contributed by atoms with Crippen LogP contribution in [0.5, 0.6) is 0 Å². The molecule has 0 bridgehead atoms. The Morgan fingerprint density at radius 2 is 1.81 bits per heavy atom. The van der Waals surface area contributed by atoms with Crippen molar-refractivity contribution in [2.24, 2.45) is 0 Å². The van der Waals surface area contributed by atoms with E-state index in [1.165, 1.54) is 62.7 Å². The molecular weight excluding hydrogens is 326 g/mol. The maximum Gasteiger partial charge on any atom is 0.323 e. The summed E-state index contributed by atoms with van der Waals surface area (Å²) in [5.74, 6) is 0.542. The molecule has 5 nitrogen and oxygen atoms in total. The quantitative estimate of drug-likeness (QED) is 0.877. The van der Waals surface area contributed by atoms with Crippen LogP contribution in [-0.2, 0) is 4.74 Å². The van der Waals surface area contributed by atoms with Crippen molar-refractivity contribution < 1.29 is 4.74 Å². The maximum absolute atomic E-state index is 11.7. The van der Waals surface area contributed by atoms with Gasteiger partial charge >= 0.3 is 5.69 Å². The minimum Gasteiger partial charge on any atom is -0.379 e. The Hall–Kier alpha value is -1.59. The first kappa shape index (κ1) is 17.8. The Bertz CT molecular complexity index is 793. The van der Waals surface area contributed by atoms with Gasteiger partial charge in [-0.05, 0) is 88.6 Å². The summed E-state index contributed by atoms with van der Waals surface area (Å²) in [5, 5.41) is 0. The highest BCUT2D eigenvalue weighted by Gasteiger charge is 2.30. The summed E-state index contributed by atoms with van der Waals surface area (Å²) in [6.45, 7) is 7.38. The smallest absolute Gasteiger partial charge is 0.323 e. The van der Waals surface area contributed by atoms with E-state index < -0.39 is 0 Å². The molecule has 0 unspecified atom stereocenters. The van der Waals surface area contributed by atoms with Gasteiger partial charge in [-0.15, -0.1) is 0 Å². The number of rotatable bonds is 4. The van der Waals surface area contributed by atoms with Crippen LogP contribution >= 0.6 is 0 Å². The number of likely N-dealkylation sites (tertiary alicyclic amines) is 1. The lowest BCUT2D eigenvalue weighted by Gasteiger charge is -2.41. The number of fused-ring (bicyclic) bond motifs is 1. The van der Waals surface area contributed by atoms with E-state index in [4.69, 9.17) is 4.74 Å². The van der Waals surface area contributed by atoms with Gasteiger partial charge in [0.05, 0.1) is 17.1 Å². The maximum atomic E-state index is 11.7. The molecule has 26 heavy (non-hydrogen) atoms. The van der Waals surface area contributed by atoms with Crippen LogP contribution in [0.2, 0.25) is 0 Å². The third-order valence-corrected chi connectivity index (χ3v) is 6.33. The lowest BCUT2D eigenvalue weighted by molar-refractivity contribution is 0.00948. The summed E-state index contributed by atoms with van der Waals surface area (Å²) in [5.41, 5.74) is 4.39. The SMILES string of the molecule is CCOC1CCC(N2CCC(c3cc(C)cc4[nH]c(=O)[nH]c34)CC2)CC1. The lowest BCUT2D eigenvalue weighted by atomic mass is 9.85. The van der Waals surface area contributed by atoms with Crippen molar-refractivity contribution in [1.82, 2.24) is 14.9 Å². The third-order valence-electron chi connectivity index (χ3n) is 6.33. The fourth-order valence-electron chi connectivity index (χ4n) is 5.03. The fraction of sp³-hybridized carbons (Fsp3) is 0.667. The first-order valence-electron chi connectivity index (χ1n) is 10.2. The number of aromatic amines is 2. The number of hydrogen-bond donors (Lipinski definition) is 2. The van der Waals surface area contributed by atoms with Crippen LogP contribution in [-0.4, -0.2) is 46.7 Å². The van der Waals surface area contributed by atoms with Gasteiger partial charge in [-0.1, -0.05) is 6.07 Å². The Morgan fingerprint density at radius 1 is 1.08 bits per heavy atom. The summed E-state index contributed by atoms with van der Waals surface area (Å²) < 4.78 is 5.80. The van der Waals surface area contributed by atoms with E-state index in [0.29, 0.717) is 12.0 Å². The molecule has 2 fully saturated rings. The van der Waals surface area contributed by atoms with Crippen molar-refractivity contribution in [2.75, 3.05) is 19.7 Å². The Kier molecular flexibility index (Phi) is 5.18. The molecule has 2 heterocycles. The zero-order chi connectivity index (χ0) is 18.1. The van der Waals surface area contributed by atoms with E-state index in [-0.39, 0.29) is 5.69 Å². The van der Waals surface area contributed by atoms with Gasteiger partial charge in [0.15, 0.2) is 0 Å². The second kappa shape index (κ2) is 7.57. The standard InChI is InChI=1S/C21H31N3O2/c1-3-26-17-6-4-16(5-7-17)24-10-8-15(9-11-24)18-12-14(2)13-19-20(18)23-21(25)22-19/h12-13,15-17H,3-11H2,1-2H3,(H2,22,23,25). The van der Waals surface area contributed by atoms with Crippen LogP contribution in [0.1, 0.15) is 62.5 Å². The number of H-pyrrole nitrogens is 2. The molecule has 1 aliphatic heterocycles. The average Bonchev–Trinajstić information content (AvgIpc) is 3.02. The number of aryl methyl sites for hydroxylation is 1. The second-order valence-electron chi connectivity index (χ2n) is 8.05. The molecule has 142 valence electrons. The summed E-state index contributed by atoms with van der Waals surface area (Å²) in [4.78, 5) is 20.4. The van der Waals surface area contributed by atoms with Crippen molar-refractivity contribution in [3.63, 3.8) is 0 Å². The molecule has 2 aliphatic rings. The first-order valence-corrected chi connectivity index (χ1v) is 10.2. The fourth-order valence-corrected chi connectivity index (χ4v) is 5.03. The monoisotopic (exact) mass is 357 g/mol. The zero-order valence-corrected chi connectivity index (χ0v) is 16.0. The Balaban J connectivity index is 1.41. The Labute approximate surface area is 155 Å². The summed E-state index contributed by atoms with van der Waals surface area (Å²) in [6, 6.07) is 5.06. The predicted octanol–water partition coefficient (Wildman–Crippen LogP) is 3.69. The predicted molar refractivity (Wildman–Crippen MR) is 105 cm³/mol. The number of nitrogens with one attached hydrogen (secondary N) is 2. The Morgan fingerprint density at radius 3 is 2.50 bits per heavy atom. The molecule has 1 aromatic heterocycles. The van der Waals surface area contributed by atoms with Crippen LogP contribution in [0.15, 0.2) is 16.9 Å². The molecule has 0 radical (unpaired) electrons. The van der Waals surface area contributed by atoms with Crippen LogP contribution in [0.4, 0.5) is 0 Å². The molecule has 2 N–H and O–H groups in total. The van der Waals surface area contributed by atoms with Gasteiger partial charge in [0, 0.05) is 12.6 Å². The number of hydrogen-bond acceptors (Lipinski definition) is 3. The summed E-state index contributed by atoms with van der Waals surface area (Å²) in [6.07, 6.45) is 7.81. The highest BCUT2D eigenvalue weighted by molar-refractivity contribution is 5.79. The van der Waals surface area contributed by atoms with Crippen LogP contribution in [0.3, 0.4) is 0 Å². The molecule has 1 aromatic carbocycles. The first-order chi connectivity index (χ1) is 12.6. The van der Waals surface area contributed by atoms with E-state index in [9.17, 15) is 4.79 Å². The average molecular weight is 357 g/mol. The van der Waals surface area contributed by atoms with Gasteiger partial charge in [-0.2, -0.15) is 0 Å². The molecule has 1 saturated heterocycles. The van der Waals surface area contributed by atoms with Gasteiger partial charge in [0.25, 0.3) is 0 Å². The number of aromatic nitrogens is 2. The molecule has 1 saturated carbocycles. The van der Waals surface area contributed by atoms with E-state index in [0.717, 1.165) is 23.7 Å². The number of benzene rings is 1. The number of imidazole rings is 1. The third kappa shape index (κ3) is 3.60. The molecule has 0 atom stereocenters. The van der Waals surface area contributed by atoms with Crippen molar-refractivity contribution in [1.29, 1.82) is 0 Å². The van der Waals surface area contributed by atoms with Crippen molar-refractivity contribution >= 4 is 11.0 Å². The molecule has 1 aliphatic carbocycles. The zero-order valence-electron chi connectivity index (χ0n) is 16.0. The van der Waals surface area contributed by atoms with E-state index in [1.54, 1.807) is 0 Å². The van der Waals surface area contributed by atoms with Gasteiger partial charge < -0.3 is 19.6 Å². The second-order valence-corrected chi connectivity index (χ2v) is 8.05. The van der Waals surface area contributed by atoms with Crippen LogP contribution < -0.4 is 5.69 Å². The molecule has 2 aromatic rings. The molecule has 4 rings (SSSR count). The molecule has 5 heteroatoms. The normalized spacial score (nSPS) is 25.8. The van der Waals surface area contributed by atoms with Gasteiger partial charge in [-0.25, -0.2) is 4.79 Å². The van der Waals surface area contributed by atoms with E-state index in [1.807, 2.05) is 0 Å². The minimum atomic E-state index is -0.102. The van der Waals surface area contributed by atoms with Gasteiger partial charge in [-0.3, -0.25) is 0 Å². The van der Waals surface area contributed by atoms with Crippen molar-refractivity contribution in [3.8, 4) is 0 Å². The van der Waals surface area contributed by atoms with Crippen molar-refractivity contribution in [3.05, 3.63) is 33.7 Å². The molecule has 0 amide bonds. The molecule has 0 spiro atoms. The topological polar surface area (TPSA) is 61.1 Å². The number of ether oxygens (including phenoxy) is 1. The highest BCUT2D eigenvalue weighted by Crippen LogP contribution is 2.35. The van der Waals surface area contributed by atoms with Gasteiger partial charge in [0.2, 0.25) is 0 Å². The lowest BCUT2D eigenvalue weighted by Crippen LogP contribution is -2.43. The van der Waals surface area contributed by atoms with Crippen molar-refractivity contribution in [2.45, 2.75) is 70.4 Å². The van der Waals surface area contributed by atoms with Crippen LogP contribution in [0, 0.1) is 6.92 Å². The van der Waals surface area contributed by atoms with E-state index >= 15 is 0 Å². The summed E-state index contributed by atoms with van der Waals surface area (Å²) in [7, 11) is 0. The van der Waals surface area contributed by atoms with E-state index in [2.05, 4.69) is 40.8 Å². The van der Waals surface area contributed by atoms with Gasteiger partial charge in [0.1, 0.15) is 0 Å². The number of piperidine rings is 1. The number of nitrogens with zero attached hydrogens (tertiary/aromatic N) is 1. The molecular formula is C21H31N3O2. The highest BCUT2D eigenvalue weighted by atomic mass is 16.5. The minimum absolute atomic E-state index is 0.102.